The largest absolute Gasteiger partial charge is 0.0883 e. The van der Waals surface area contributed by atoms with Gasteiger partial charge in [0.2, 0.25) is 0 Å². The Balaban J connectivity index is 3.77. The number of unbranched alkanes of at least 4 members (excludes halogenated alkanes) is 2. The molecule has 0 aromatic heterocycles. The molecule has 0 aromatic carbocycles. The van der Waals surface area contributed by atoms with Crippen LogP contribution in [-0.4, -0.2) is 0 Å². The van der Waals surface area contributed by atoms with Crippen molar-refractivity contribution in [3.8, 4) is 0 Å². The van der Waals surface area contributed by atoms with Crippen LogP contribution in [0.3, 0.4) is 0 Å². The van der Waals surface area contributed by atoms with Crippen molar-refractivity contribution in [1.82, 2.24) is 0 Å². The molecule has 108 valence electrons. The van der Waals surface area contributed by atoms with Gasteiger partial charge in [-0.25, -0.2) is 0 Å². The zero-order chi connectivity index (χ0) is 13.6. The summed E-state index contributed by atoms with van der Waals surface area (Å²) < 4.78 is 0. The monoisotopic (exact) mass is 252 g/mol. The zero-order valence-corrected chi connectivity index (χ0v) is 13.4. The van der Waals surface area contributed by atoms with Crippen LogP contribution < -0.4 is 0 Å². The Hall–Kier alpha value is -0.260. The third-order valence-electron chi connectivity index (χ3n) is 4.19. The van der Waals surface area contributed by atoms with Gasteiger partial charge in [-0.2, -0.15) is 0 Å². The molecule has 0 aromatic rings. The number of allylic oxidation sites excluding steroid dienone is 2. The smallest absolute Gasteiger partial charge is 0.0322 e. The minimum atomic E-state index is 0.928. The van der Waals surface area contributed by atoms with Crippen LogP contribution in [0.15, 0.2) is 12.2 Å². The second-order valence-corrected chi connectivity index (χ2v) is 5.78. The van der Waals surface area contributed by atoms with Gasteiger partial charge in [-0.1, -0.05) is 91.2 Å². The standard InChI is InChI=1S/C18H36/c1-5-9-13-17(7-3)15-11-12-16-18(8-4)14-10-6-2/h11-12,17-18H,5-10,13-16H2,1-4H3. The topological polar surface area (TPSA) is 0 Å². The zero-order valence-electron chi connectivity index (χ0n) is 13.4. The third kappa shape index (κ3) is 9.74. The summed E-state index contributed by atoms with van der Waals surface area (Å²) in [5, 5.41) is 0. The van der Waals surface area contributed by atoms with Crippen molar-refractivity contribution in [2.45, 2.75) is 91.9 Å². The number of hydrogen-bond acceptors (Lipinski definition) is 0. The third-order valence-corrected chi connectivity index (χ3v) is 4.19. The predicted octanol–water partition coefficient (Wildman–Crippen LogP) is 6.76. The first-order valence-corrected chi connectivity index (χ1v) is 8.43. The highest BCUT2D eigenvalue weighted by Gasteiger charge is 2.04. The van der Waals surface area contributed by atoms with Crippen molar-refractivity contribution < 1.29 is 0 Å². The van der Waals surface area contributed by atoms with E-state index in [-0.39, 0.29) is 0 Å². The second-order valence-electron chi connectivity index (χ2n) is 5.78. The van der Waals surface area contributed by atoms with Gasteiger partial charge in [0, 0.05) is 0 Å². The van der Waals surface area contributed by atoms with E-state index in [1.54, 1.807) is 0 Å². The van der Waals surface area contributed by atoms with Crippen molar-refractivity contribution in [1.29, 1.82) is 0 Å². The molecule has 0 aliphatic carbocycles. The van der Waals surface area contributed by atoms with Crippen LogP contribution in [0.4, 0.5) is 0 Å². The summed E-state index contributed by atoms with van der Waals surface area (Å²) >= 11 is 0. The Morgan fingerprint density at radius 3 is 1.33 bits per heavy atom. The van der Waals surface area contributed by atoms with Gasteiger partial charge < -0.3 is 0 Å². The molecule has 0 fully saturated rings. The molecule has 0 saturated carbocycles. The predicted molar refractivity (Wildman–Crippen MR) is 85.0 cm³/mol. The van der Waals surface area contributed by atoms with Gasteiger partial charge >= 0.3 is 0 Å². The highest BCUT2D eigenvalue weighted by molar-refractivity contribution is 4.85. The molecule has 18 heavy (non-hydrogen) atoms. The summed E-state index contributed by atoms with van der Waals surface area (Å²) in [5.41, 5.74) is 0. The molecule has 0 spiro atoms. The van der Waals surface area contributed by atoms with Crippen molar-refractivity contribution >= 4 is 0 Å². The Bertz CT molecular complexity index is 160. The van der Waals surface area contributed by atoms with Crippen LogP contribution >= 0.6 is 0 Å². The second kappa shape index (κ2) is 13.2. The SMILES string of the molecule is CCCCC(CC)CC=CCC(CC)CCCC. The first-order valence-electron chi connectivity index (χ1n) is 8.43. The lowest BCUT2D eigenvalue weighted by Crippen LogP contribution is -1.98. The minimum absolute atomic E-state index is 0.928. The molecule has 0 amide bonds. The molecule has 2 atom stereocenters. The first-order chi connectivity index (χ1) is 8.78. The Morgan fingerprint density at radius 2 is 1.06 bits per heavy atom. The molecule has 0 radical (unpaired) electrons. The lowest BCUT2D eigenvalue weighted by atomic mass is 9.93. The molecular formula is C18H36. The van der Waals surface area contributed by atoms with Crippen LogP contribution in [0.25, 0.3) is 0 Å². The fraction of sp³-hybridized carbons (Fsp3) is 0.889. The Labute approximate surface area is 116 Å². The molecule has 0 rings (SSSR count). The lowest BCUT2D eigenvalue weighted by molar-refractivity contribution is 0.447. The Kier molecular flexibility index (Phi) is 13.0. The van der Waals surface area contributed by atoms with Crippen LogP contribution in [0.1, 0.15) is 91.9 Å². The van der Waals surface area contributed by atoms with E-state index in [9.17, 15) is 0 Å². The van der Waals surface area contributed by atoms with Gasteiger partial charge in [0.15, 0.2) is 0 Å². The summed E-state index contributed by atoms with van der Waals surface area (Å²) in [6.45, 7) is 9.26. The first kappa shape index (κ1) is 17.7. The van der Waals surface area contributed by atoms with E-state index in [4.69, 9.17) is 0 Å². The van der Waals surface area contributed by atoms with Gasteiger partial charge in [0.05, 0.1) is 0 Å². The van der Waals surface area contributed by atoms with E-state index in [1.165, 1.54) is 64.2 Å². The van der Waals surface area contributed by atoms with E-state index < -0.39 is 0 Å². The molecule has 0 saturated heterocycles. The fourth-order valence-corrected chi connectivity index (χ4v) is 2.54. The summed E-state index contributed by atoms with van der Waals surface area (Å²) in [6, 6.07) is 0. The molecule has 0 N–H and O–H groups in total. The van der Waals surface area contributed by atoms with Gasteiger partial charge in [-0.3, -0.25) is 0 Å². The number of rotatable bonds is 12. The summed E-state index contributed by atoms with van der Waals surface area (Å²) in [6.07, 6.45) is 18.5. The van der Waals surface area contributed by atoms with Crippen molar-refractivity contribution in [2.24, 2.45) is 11.8 Å². The summed E-state index contributed by atoms with van der Waals surface area (Å²) in [7, 11) is 0. The molecule has 0 heteroatoms. The average Bonchev–Trinajstić information content (AvgIpc) is 2.41. The molecule has 0 aliphatic heterocycles. The Morgan fingerprint density at radius 1 is 0.667 bits per heavy atom. The van der Waals surface area contributed by atoms with E-state index >= 15 is 0 Å². The maximum Gasteiger partial charge on any atom is -0.0322 e. The molecule has 0 nitrogen and oxygen atoms in total. The summed E-state index contributed by atoms with van der Waals surface area (Å²) in [5.74, 6) is 1.86. The molecular weight excluding hydrogens is 216 g/mol. The van der Waals surface area contributed by atoms with Crippen LogP contribution in [0, 0.1) is 11.8 Å². The minimum Gasteiger partial charge on any atom is -0.0883 e. The van der Waals surface area contributed by atoms with Crippen molar-refractivity contribution in [3.05, 3.63) is 12.2 Å². The molecule has 0 aliphatic rings. The lowest BCUT2D eigenvalue weighted by Gasteiger charge is -2.13. The number of hydrogen-bond donors (Lipinski definition) is 0. The van der Waals surface area contributed by atoms with Crippen LogP contribution in [0.5, 0.6) is 0 Å². The van der Waals surface area contributed by atoms with E-state index in [0.29, 0.717) is 0 Å². The van der Waals surface area contributed by atoms with Gasteiger partial charge in [0.1, 0.15) is 0 Å². The maximum absolute atomic E-state index is 2.46. The molecule has 0 bridgehead atoms. The average molecular weight is 252 g/mol. The fourth-order valence-electron chi connectivity index (χ4n) is 2.54. The van der Waals surface area contributed by atoms with E-state index in [2.05, 4.69) is 39.8 Å². The highest BCUT2D eigenvalue weighted by Crippen LogP contribution is 2.20. The quantitative estimate of drug-likeness (QED) is 0.337. The van der Waals surface area contributed by atoms with Crippen molar-refractivity contribution in [2.75, 3.05) is 0 Å². The van der Waals surface area contributed by atoms with Gasteiger partial charge in [-0.15, -0.1) is 0 Å². The van der Waals surface area contributed by atoms with E-state index in [0.717, 1.165) is 11.8 Å². The molecule has 0 heterocycles. The van der Waals surface area contributed by atoms with Crippen LogP contribution in [0.2, 0.25) is 0 Å². The van der Waals surface area contributed by atoms with Gasteiger partial charge in [-0.05, 0) is 24.7 Å². The molecule has 2 unspecified atom stereocenters. The summed E-state index contributed by atoms with van der Waals surface area (Å²) in [4.78, 5) is 0. The maximum atomic E-state index is 2.46. The van der Waals surface area contributed by atoms with E-state index in [1.807, 2.05) is 0 Å². The van der Waals surface area contributed by atoms with Gasteiger partial charge in [0.25, 0.3) is 0 Å². The van der Waals surface area contributed by atoms with Crippen molar-refractivity contribution in [3.63, 3.8) is 0 Å². The highest BCUT2D eigenvalue weighted by atomic mass is 14.1. The van der Waals surface area contributed by atoms with Crippen LogP contribution in [-0.2, 0) is 0 Å². The normalized spacial score (nSPS) is 15.1.